The van der Waals surface area contributed by atoms with Crippen LogP contribution in [-0.4, -0.2) is 28.2 Å². The van der Waals surface area contributed by atoms with E-state index in [1.165, 1.54) is 12.1 Å². The second-order valence-corrected chi connectivity index (χ2v) is 5.65. The first-order chi connectivity index (χ1) is 12.5. The van der Waals surface area contributed by atoms with Gasteiger partial charge in [-0.1, -0.05) is 11.6 Å². The summed E-state index contributed by atoms with van der Waals surface area (Å²) in [6.07, 6.45) is 1.61. The van der Waals surface area contributed by atoms with Crippen LogP contribution in [0.2, 0.25) is 5.02 Å². The highest BCUT2D eigenvalue weighted by Crippen LogP contribution is 2.28. The third-order valence-electron chi connectivity index (χ3n) is 3.47. The second-order valence-electron chi connectivity index (χ2n) is 5.25. The van der Waals surface area contributed by atoms with Crippen molar-refractivity contribution in [3.05, 3.63) is 65.3 Å². The lowest BCUT2D eigenvalue weighted by molar-refractivity contribution is 0.0697. The number of rotatable bonds is 6. The Kier molecular flexibility index (Phi) is 5.19. The normalized spacial score (nSPS) is 10.2. The highest BCUT2D eigenvalue weighted by atomic mass is 35.5. The Morgan fingerprint density at radius 1 is 1.08 bits per heavy atom. The summed E-state index contributed by atoms with van der Waals surface area (Å²) >= 11 is 6.11. The van der Waals surface area contributed by atoms with Gasteiger partial charge in [0.2, 0.25) is 5.95 Å². The number of benzene rings is 2. The molecule has 26 heavy (non-hydrogen) atoms. The molecule has 3 rings (SSSR count). The number of aromatic nitrogens is 2. The molecule has 2 aromatic carbocycles. The lowest BCUT2D eigenvalue weighted by atomic mass is 10.2. The number of ether oxygens (including phenoxy) is 1. The maximum Gasteiger partial charge on any atom is 0.335 e. The minimum absolute atomic E-state index is 0.219. The smallest absolute Gasteiger partial charge is 0.335 e. The molecular formula is C18H15ClN4O3. The fraction of sp³-hybridized carbons (Fsp3) is 0.0556. The molecule has 8 heteroatoms. The molecular weight excluding hydrogens is 356 g/mol. The zero-order chi connectivity index (χ0) is 18.5. The van der Waals surface area contributed by atoms with Gasteiger partial charge in [-0.3, -0.25) is 0 Å². The van der Waals surface area contributed by atoms with Gasteiger partial charge in [0, 0.05) is 17.6 Å². The molecule has 0 spiro atoms. The van der Waals surface area contributed by atoms with Crippen LogP contribution in [0.4, 0.5) is 23.1 Å². The summed E-state index contributed by atoms with van der Waals surface area (Å²) in [5.74, 6) is 0.560. The van der Waals surface area contributed by atoms with Gasteiger partial charge in [0.1, 0.15) is 11.6 Å². The second kappa shape index (κ2) is 7.71. The van der Waals surface area contributed by atoms with E-state index in [2.05, 4.69) is 20.6 Å². The van der Waals surface area contributed by atoms with Crippen molar-refractivity contribution < 1.29 is 14.6 Å². The molecule has 0 unspecified atom stereocenters. The molecule has 7 nitrogen and oxygen atoms in total. The number of aromatic carboxylic acids is 1. The standard InChI is InChI=1S/C18H15ClN4O3/c1-26-15-7-6-13(10-14(15)19)22-18-20-9-8-16(23-18)21-12-4-2-11(3-5-12)17(24)25/h2-10H,1H3,(H,24,25)(H2,20,21,22,23). The first-order valence-corrected chi connectivity index (χ1v) is 7.97. The Bertz CT molecular complexity index is 932. The largest absolute Gasteiger partial charge is 0.495 e. The molecule has 0 aliphatic heterocycles. The SMILES string of the molecule is COc1ccc(Nc2nccc(Nc3ccc(C(=O)O)cc3)n2)cc1Cl. The number of halogens is 1. The van der Waals surface area contributed by atoms with E-state index in [1.807, 2.05) is 0 Å². The minimum Gasteiger partial charge on any atom is -0.495 e. The number of anilines is 4. The summed E-state index contributed by atoms with van der Waals surface area (Å²) in [4.78, 5) is 19.4. The van der Waals surface area contributed by atoms with E-state index in [4.69, 9.17) is 21.4 Å². The summed E-state index contributed by atoms with van der Waals surface area (Å²) in [7, 11) is 1.55. The number of hydrogen-bond acceptors (Lipinski definition) is 6. The van der Waals surface area contributed by atoms with Crippen LogP contribution in [0.15, 0.2) is 54.7 Å². The van der Waals surface area contributed by atoms with Crippen LogP contribution in [0.1, 0.15) is 10.4 Å². The number of carboxylic acids is 1. The van der Waals surface area contributed by atoms with E-state index in [1.54, 1.807) is 49.7 Å². The average molecular weight is 371 g/mol. The van der Waals surface area contributed by atoms with Gasteiger partial charge in [-0.25, -0.2) is 9.78 Å². The monoisotopic (exact) mass is 370 g/mol. The molecule has 1 heterocycles. The topological polar surface area (TPSA) is 96.4 Å². The van der Waals surface area contributed by atoms with Crippen molar-refractivity contribution in [2.24, 2.45) is 0 Å². The Morgan fingerprint density at radius 3 is 2.46 bits per heavy atom. The van der Waals surface area contributed by atoms with Gasteiger partial charge in [-0.2, -0.15) is 4.98 Å². The van der Waals surface area contributed by atoms with Crippen LogP contribution < -0.4 is 15.4 Å². The minimum atomic E-state index is -0.969. The van der Waals surface area contributed by atoms with Crippen LogP contribution in [0.5, 0.6) is 5.75 Å². The fourth-order valence-electron chi connectivity index (χ4n) is 2.21. The van der Waals surface area contributed by atoms with E-state index in [0.717, 1.165) is 5.69 Å². The van der Waals surface area contributed by atoms with E-state index >= 15 is 0 Å². The fourth-order valence-corrected chi connectivity index (χ4v) is 2.46. The van der Waals surface area contributed by atoms with Crippen LogP contribution in [-0.2, 0) is 0 Å². The number of methoxy groups -OCH3 is 1. The molecule has 0 aliphatic rings. The van der Waals surface area contributed by atoms with Gasteiger partial charge in [0.05, 0.1) is 17.7 Å². The van der Waals surface area contributed by atoms with Crippen molar-refractivity contribution in [3.63, 3.8) is 0 Å². The van der Waals surface area contributed by atoms with E-state index < -0.39 is 5.97 Å². The third-order valence-corrected chi connectivity index (χ3v) is 3.76. The van der Waals surface area contributed by atoms with Gasteiger partial charge in [0.25, 0.3) is 0 Å². The molecule has 3 N–H and O–H groups in total. The molecule has 0 atom stereocenters. The number of hydrogen-bond donors (Lipinski definition) is 3. The number of carboxylic acid groups (broad SMARTS) is 1. The van der Waals surface area contributed by atoms with E-state index in [9.17, 15) is 4.79 Å². The van der Waals surface area contributed by atoms with Crippen molar-refractivity contribution in [1.29, 1.82) is 0 Å². The van der Waals surface area contributed by atoms with Crippen molar-refractivity contribution >= 4 is 40.7 Å². The maximum atomic E-state index is 10.9. The van der Waals surface area contributed by atoms with E-state index in [0.29, 0.717) is 28.2 Å². The summed E-state index contributed by atoms with van der Waals surface area (Å²) in [5, 5.41) is 15.6. The third kappa shape index (κ3) is 4.20. The Balaban J connectivity index is 1.73. The molecule has 0 saturated carbocycles. The van der Waals surface area contributed by atoms with Crippen LogP contribution in [0.3, 0.4) is 0 Å². The molecule has 1 aromatic heterocycles. The van der Waals surface area contributed by atoms with E-state index in [-0.39, 0.29) is 5.56 Å². The summed E-state index contributed by atoms with van der Waals surface area (Å²) < 4.78 is 5.12. The van der Waals surface area contributed by atoms with Gasteiger partial charge in [-0.15, -0.1) is 0 Å². The van der Waals surface area contributed by atoms with Crippen LogP contribution >= 0.6 is 11.6 Å². The lowest BCUT2D eigenvalue weighted by Gasteiger charge is -2.10. The molecule has 0 fully saturated rings. The summed E-state index contributed by atoms with van der Waals surface area (Å²) in [5.41, 5.74) is 1.66. The van der Waals surface area contributed by atoms with Crippen molar-refractivity contribution in [3.8, 4) is 5.75 Å². The van der Waals surface area contributed by atoms with Crippen LogP contribution in [0, 0.1) is 0 Å². The molecule has 0 radical (unpaired) electrons. The van der Waals surface area contributed by atoms with Crippen molar-refractivity contribution in [2.45, 2.75) is 0 Å². The summed E-state index contributed by atoms with van der Waals surface area (Å²) in [6, 6.07) is 13.3. The highest BCUT2D eigenvalue weighted by molar-refractivity contribution is 6.32. The lowest BCUT2D eigenvalue weighted by Crippen LogP contribution is -2.01. The van der Waals surface area contributed by atoms with Crippen molar-refractivity contribution in [2.75, 3.05) is 17.7 Å². The van der Waals surface area contributed by atoms with Crippen LogP contribution in [0.25, 0.3) is 0 Å². The van der Waals surface area contributed by atoms with Crippen molar-refractivity contribution in [1.82, 2.24) is 9.97 Å². The Labute approximate surface area is 154 Å². The summed E-state index contributed by atoms with van der Waals surface area (Å²) in [6.45, 7) is 0. The predicted molar refractivity (Wildman–Crippen MR) is 100 cm³/mol. The molecule has 3 aromatic rings. The highest BCUT2D eigenvalue weighted by Gasteiger charge is 2.06. The first-order valence-electron chi connectivity index (χ1n) is 7.59. The number of nitrogens with one attached hydrogen (secondary N) is 2. The first kappa shape index (κ1) is 17.5. The van der Waals surface area contributed by atoms with Gasteiger partial charge >= 0.3 is 5.97 Å². The van der Waals surface area contributed by atoms with Gasteiger partial charge in [-0.05, 0) is 48.5 Å². The maximum absolute atomic E-state index is 10.9. The molecule has 0 saturated heterocycles. The molecule has 0 bridgehead atoms. The quantitative estimate of drug-likeness (QED) is 0.594. The zero-order valence-electron chi connectivity index (χ0n) is 13.7. The number of carbonyl (C=O) groups is 1. The predicted octanol–water partition coefficient (Wildman–Crippen LogP) is 4.32. The van der Waals surface area contributed by atoms with Gasteiger partial charge < -0.3 is 20.5 Å². The Morgan fingerprint density at radius 2 is 1.81 bits per heavy atom. The molecule has 0 amide bonds. The number of nitrogens with zero attached hydrogens (tertiary/aromatic N) is 2. The molecule has 0 aliphatic carbocycles. The van der Waals surface area contributed by atoms with Gasteiger partial charge in [0.15, 0.2) is 0 Å². The zero-order valence-corrected chi connectivity index (χ0v) is 14.5. The average Bonchev–Trinajstić information content (AvgIpc) is 2.63. The Hall–Kier alpha value is -3.32. The molecule has 132 valence electrons.